The van der Waals surface area contributed by atoms with E-state index in [-0.39, 0.29) is 5.91 Å². The van der Waals surface area contributed by atoms with Crippen LogP contribution in [0.3, 0.4) is 0 Å². The Morgan fingerprint density at radius 2 is 2.14 bits per heavy atom. The average Bonchev–Trinajstić information content (AvgIpc) is 2.18. The van der Waals surface area contributed by atoms with E-state index in [4.69, 9.17) is 18.0 Å². The van der Waals surface area contributed by atoms with Gasteiger partial charge in [0.15, 0.2) is 0 Å². The summed E-state index contributed by atoms with van der Waals surface area (Å²) in [6, 6.07) is 0. The molecule has 1 aliphatic heterocycles. The van der Waals surface area contributed by atoms with Crippen LogP contribution in [0.25, 0.3) is 0 Å². The van der Waals surface area contributed by atoms with Gasteiger partial charge >= 0.3 is 0 Å². The molecule has 0 atom stereocenters. The number of rotatable bonds is 3. The third-order valence-corrected chi connectivity index (χ3v) is 3.39. The number of nitrogens with zero attached hydrogens (tertiary/aromatic N) is 1. The van der Waals surface area contributed by atoms with E-state index < -0.39 is 0 Å². The molecule has 0 aromatic heterocycles. The molecule has 0 aliphatic carbocycles. The van der Waals surface area contributed by atoms with Crippen molar-refractivity contribution >= 4 is 34.9 Å². The van der Waals surface area contributed by atoms with Crippen LogP contribution in [0.15, 0.2) is 0 Å². The summed E-state index contributed by atoms with van der Waals surface area (Å²) in [6.45, 7) is 1.61. The van der Waals surface area contributed by atoms with Crippen molar-refractivity contribution in [3.8, 4) is 0 Å². The quantitative estimate of drug-likeness (QED) is 0.734. The van der Waals surface area contributed by atoms with Crippen molar-refractivity contribution < 1.29 is 4.79 Å². The topological polar surface area (TPSA) is 46.3 Å². The predicted molar refractivity (Wildman–Crippen MR) is 64.5 cm³/mol. The van der Waals surface area contributed by atoms with Crippen molar-refractivity contribution in [1.29, 1.82) is 0 Å². The van der Waals surface area contributed by atoms with Gasteiger partial charge in [0.1, 0.15) is 0 Å². The van der Waals surface area contributed by atoms with Crippen molar-refractivity contribution in [3.63, 3.8) is 0 Å². The minimum absolute atomic E-state index is 0.235. The Balaban J connectivity index is 2.35. The van der Waals surface area contributed by atoms with E-state index in [9.17, 15) is 4.79 Å². The number of carbonyl (C=O) groups is 1. The van der Waals surface area contributed by atoms with E-state index in [2.05, 4.69) is 0 Å². The molecule has 0 aromatic rings. The molecular formula is C9H16N2OS2. The summed E-state index contributed by atoms with van der Waals surface area (Å²) in [5.41, 5.74) is 5.57. The fraction of sp³-hybridized carbons (Fsp3) is 0.778. The maximum atomic E-state index is 11.5. The Morgan fingerprint density at radius 3 is 2.57 bits per heavy atom. The van der Waals surface area contributed by atoms with Crippen LogP contribution >= 0.6 is 24.0 Å². The second-order valence-electron chi connectivity index (χ2n) is 3.49. The zero-order chi connectivity index (χ0) is 10.6. The van der Waals surface area contributed by atoms with Crippen LogP contribution in [0.4, 0.5) is 0 Å². The third kappa shape index (κ3) is 3.13. The van der Waals surface area contributed by atoms with Crippen LogP contribution in [-0.2, 0) is 4.79 Å². The summed E-state index contributed by atoms with van der Waals surface area (Å²) in [7, 11) is 0. The lowest BCUT2D eigenvalue weighted by Gasteiger charge is -2.31. The first kappa shape index (κ1) is 11.8. The maximum Gasteiger partial charge on any atom is 0.232 e. The molecule has 0 spiro atoms. The zero-order valence-electron chi connectivity index (χ0n) is 8.36. The standard InChI is InChI=1S/C9H16N2OS2/c1-14-6-8(12)11-4-2-7(3-5-11)9(10)13/h7H,2-6H2,1H3,(H2,10,13). The van der Waals surface area contributed by atoms with Gasteiger partial charge in [0.05, 0.1) is 10.7 Å². The fourth-order valence-corrected chi connectivity index (χ4v) is 2.29. The average molecular weight is 232 g/mol. The SMILES string of the molecule is CSCC(=O)N1CCC(C(N)=S)CC1. The molecule has 0 saturated carbocycles. The molecule has 1 fully saturated rings. The van der Waals surface area contributed by atoms with Gasteiger partial charge in [-0.15, -0.1) is 0 Å². The lowest BCUT2D eigenvalue weighted by atomic mass is 9.97. The zero-order valence-corrected chi connectivity index (χ0v) is 10.00. The van der Waals surface area contributed by atoms with Gasteiger partial charge in [-0.3, -0.25) is 4.79 Å². The second kappa shape index (κ2) is 5.56. The third-order valence-electron chi connectivity index (χ3n) is 2.52. The molecule has 1 heterocycles. The monoisotopic (exact) mass is 232 g/mol. The van der Waals surface area contributed by atoms with Crippen LogP contribution in [0.2, 0.25) is 0 Å². The molecule has 0 bridgehead atoms. The Bertz CT molecular complexity index is 225. The van der Waals surface area contributed by atoms with Crippen LogP contribution in [0.1, 0.15) is 12.8 Å². The fourth-order valence-electron chi connectivity index (χ4n) is 1.63. The Morgan fingerprint density at radius 1 is 1.57 bits per heavy atom. The first-order valence-electron chi connectivity index (χ1n) is 4.71. The minimum atomic E-state index is 0.235. The number of hydrogen-bond acceptors (Lipinski definition) is 3. The highest BCUT2D eigenvalue weighted by Crippen LogP contribution is 2.17. The molecule has 0 radical (unpaired) electrons. The molecule has 80 valence electrons. The van der Waals surface area contributed by atoms with Gasteiger partial charge in [-0.05, 0) is 19.1 Å². The van der Waals surface area contributed by atoms with E-state index in [1.807, 2.05) is 11.2 Å². The highest BCUT2D eigenvalue weighted by molar-refractivity contribution is 7.99. The highest BCUT2D eigenvalue weighted by Gasteiger charge is 2.23. The number of amides is 1. The van der Waals surface area contributed by atoms with Gasteiger partial charge in [-0.25, -0.2) is 0 Å². The number of piperidine rings is 1. The van der Waals surface area contributed by atoms with Crippen LogP contribution in [-0.4, -0.2) is 40.9 Å². The summed E-state index contributed by atoms with van der Waals surface area (Å²) < 4.78 is 0. The Kier molecular flexibility index (Phi) is 4.68. The first-order valence-corrected chi connectivity index (χ1v) is 6.51. The van der Waals surface area contributed by atoms with Crippen molar-refractivity contribution in [2.75, 3.05) is 25.1 Å². The van der Waals surface area contributed by atoms with E-state index >= 15 is 0 Å². The second-order valence-corrected chi connectivity index (χ2v) is 4.83. The molecule has 0 aromatic carbocycles. The van der Waals surface area contributed by atoms with Crippen LogP contribution < -0.4 is 5.73 Å². The number of thioether (sulfide) groups is 1. The molecule has 1 saturated heterocycles. The Labute approximate surface area is 94.4 Å². The molecule has 1 amide bonds. The van der Waals surface area contributed by atoms with Gasteiger partial charge in [0.25, 0.3) is 0 Å². The molecular weight excluding hydrogens is 216 g/mol. The largest absolute Gasteiger partial charge is 0.393 e. The van der Waals surface area contributed by atoms with Gasteiger partial charge in [-0.2, -0.15) is 11.8 Å². The van der Waals surface area contributed by atoms with Gasteiger partial charge < -0.3 is 10.6 Å². The van der Waals surface area contributed by atoms with Crippen LogP contribution in [0.5, 0.6) is 0 Å². The van der Waals surface area contributed by atoms with Gasteiger partial charge in [0.2, 0.25) is 5.91 Å². The Hall–Kier alpha value is -0.290. The van der Waals surface area contributed by atoms with Crippen molar-refractivity contribution in [3.05, 3.63) is 0 Å². The van der Waals surface area contributed by atoms with Crippen LogP contribution in [0, 0.1) is 5.92 Å². The van der Waals surface area contributed by atoms with E-state index in [0.29, 0.717) is 16.7 Å². The first-order chi connectivity index (χ1) is 6.65. The van der Waals surface area contributed by atoms with E-state index in [1.165, 1.54) is 0 Å². The van der Waals surface area contributed by atoms with Crippen molar-refractivity contribution in [2.45, 2.75) is 12.8 Å². The predicted octanol–water partition coefficient (Wildman–Crippen LogP) is 0.874. The summed E-state index contributed by atoms with van der Waals surface area (Å²) in [4.78, 5) is 14.0. The van der Waals surface area contributed by atoms with E-state index in [1.54, 1.807) is 11.8 Å². The summed E-state index contributed by atoms with van der Waals surface area (Å²) in [5, 5.41) is 0. The lowest BCUT2D eigenvalue weighted by molar-refractivity contribution is -0.129. The summed E-state index contributed by atoms with van der Waals surface area (Å²) >= 11 is 6.51. The molecule has 14 heavy (non-hydrogen) atoms. The number of carbonyl (C=O) groups excluding carboxylic acids is 1. The van der Waals surface area contributed by atoms with Crippen molar-refractivity contribution in [1.82, 2.24) is 4.90 Å². The molecule has 3 nitrogen and oxygen atoms in total. The lowest BCUT2D eigenvalue weighted by Crippen LogP contribution is -2.42. The number of likely N-dealkylation sites (tertiary alicyclic amines) is 1. The maximum absolute atomic E-state index is 11.5. The van der Waals surface area contributed by atoms with Gasteiger partial charge in [-0.1, -0.05) is 12.2 Å². The number of hydrogen-bond donors (Lipinski definition) is 1. The van der Waals surface area contributed by atoms with Gasteiger partial charge in [0, 0.05) is 19.0 Å². The summed E-state index contributed by atoms with van der Waals surface area (Å²) in [5.74, 6) is 1.15. The smallest absolute Gasteiger partial charge is 0.232 e. The number of thiocarbonyl (C=S) groups is 1. The number of nitrogens with two attached hydrogens (primary N) is 1. The molecule has 5 heteroatoms. The molecule has 1 aliphatic rings. The van der Waals surface area contributed by atoms with Crippen molar-refractivity contribution in [2.24, 2.45) is 11.7 Å². The molecule has 1 rings (SSSR count). The normalized spacial score (nSPS) is 18.2. The minimum Gasteiger partial charge on any atom is -0.393 e. The summed E-state index contributed by atoms with van der Waals surface area (Å²) in [6.07, 6.45) is 3.80. The molecule has 2 N–H and O–H groups in total. The highest BCUT2D eigenvalue weighted by atomic mass is 32.2. The molecule has 0 unspecified atom stereocenters. The van der Waals surface area contributed by atoms with E-state index in [0.717, 1.165) is 25.9 Å².